The molecule has 1 aliphatic heterocycles. The quantitative estimate of drug-likeness (QED) is 0.430. The third-order valence-corrected chi connectivity index (χ3v) is 2.31. The van der Waals surface area contributed by atoms with Gasteiger partial charge in [0, 0.05) is 17.2 Å². The first-order chi connectivity index (χ1) is 7.58. The van der Waals surface area contributed by atoms with E-state index in [9.17, 15) is 14.9 Å². The van der Waals surface area contributed by atoms with Gasteiger partial charge in [0.05, 0.1) is 17.1 Å². The van der Waals surface area contributed by atoms with Gasteiger partial charge in [0.2, 0.25) is 0 Å². The zero-order chi connectivity index (χ0) is 11.7. The summed E-state index contributed by atoms with van der Waals surface area (Å²) in [7, 11) is 0. The number of nitrogens with zero attached hydrogens (tertiary/aromatic N) is 2. The van der Waals surface area contributed by atoms with Gasteiger partial charge in [-0.25, -0.2) is 4.79 Å². The molecule has 6 nitrogen and oxygen atoms in total. The predicted octanol–water partition coefficient (Wildman–Crippen LogP) is 1.55. The van der Waals surface area contributed by atoms with E-state index in [4.69, 9.17) is 0 Å². The van der Waals surface area contributed by atoms with Crippen LogP contribution in [0.25, 0.3) is 0 Å². The molecule has 82 valence electrons. The normalized spacial score (nSPS) is 14.6. The molecular formula is C10H8N2O4. The van der Waals surface area contributed by atoms with E-state index in [0.29, 0.717) is 16.8 Å². The maximum absolute atomic E-state index is 10.8. The number of oxime groups is 1. The number of rotatable bonds is 2. The largest absolute Gasteiger partial charge is 0.341 e. The summed E-state index contributed by atoms with van der Waals surface area (Å²) in [6.07, 6.45) is 0.0558. The van der Waals surface area contributed by atoms with Crippen molar-refractivity contribution in [1.82, 2.24) is 0 Å². The van der Waals surface area contributed by atoms with Crippen LogP contribution in [0.15, 0.2) is 23.4 Å². The van der Waals surface area contributed by atoms with Gasteiger partial charge in [-0.15, -0.1) is 0 Å². The Morgan fingerprint density at radius 2 is 2.25 bits per heavy atom. The van der Waals surface area contributed by atoms with E-state index in [1.165, 1.54) is 6.07 Å². The van der Waals surface area contributed by atoms with Crippen LogP contribution in [-0.2, 0) is 9.63 Å². The van der Waals surface area contributed by atoms with Crippen molar-refractivity contribution in [2.24, 2.45) is 5.16 Å². The average molecular weight is 220 g/mol. The molecule has 0 atom stereocenters. The summed E-state index contributed by atoms with van der Waals surface area (Å²) in [4.78, 5) is 25.5. The highest BCUT2D eigenvalue weighted by Gasteiger charge is 2.21. The van der Waals surface area contributed by atoms with Crippen LogP contribution in [-0.4, -0.2) is 16.6 Å². The van der Waals surface area contributed by atoms with Gasteiger partial charge in [-0.05, 0) is 6.92 Å². The number of hydrogen-bond donors (Lipinski definition) is 0. The van der Waals surface area contributed by atoms with Gasteiger partial charge in [-0.2, -0.15) is 0 Å². The van der Waals surface area contributed by atoms with Crippen LogP contribution in [0.2, 0.25) is 0 Å². The van der Waals surface area contributed by atoms with Crippen molar-refractivity contribution in [3.8, 4) is 0 Å². The topological polar surface area (TPSA) is 81.8 Å². The number of carbonyl (C=O) groups excluding carboxylic acids is 1. The summed E-state index contributed by atoms with van der Waals surface area (Å²) < 4.78 is 0. The SMILES string of the molecule is Cc1ccc(C2=NOC(=O)C2)cc1[N+](=O)[O-]. The number of hydrogen-bond acceptors (Lipinski definition) is 5. The summed E-state index contributed by atoms with van der Waals surface area (Å²) >= 11 is 0. The molecule has 0 aliphatic carbocycles. The second-order valence-electron chi connectivity index (χ2n) is 3.44. The Hall–Kier alpha value is -2.24. The molecule has 0 N–H and O–H groups in total. The lowest BCUT2D eigenvalue weighted by atomic mass is 10.0. The highest BCUT2D eigenvalue weighted by molar-refractivity contribution is 6.11. The predicted molar refractivity (Wildman–Crippen MR) is 55.1 cm³/mol. The van der Waals surface area contributed by atoms with Crippen molar-refractivity contribution in [2.45, 2.75) is 13.3 Å². The molecule has 0 fully saturated rings. The molecule has 0 unspecified atom stereocenters. The minimum atomic E-state index is -0.461. The minimum Gasteiger partial charge on any atom is -0.318 e. The first-order valence-corrected chi connectivity index (χ1v) is 4.60. The van der Waals surface area contributed by atoms with Crippen LogP contribution in [0.5, 0.6) is 0 Å². The molecular weight excluding hydrogens is 212 g/mol. The van der Waals surface area contributed by atoms with Crippen molar-refractivity contribution >= 4 is 17.4 Å². The van der Waals surface area contributed by atoms with Crippen LogP contribution in [0.1, 0.15) is 17.5 Å². The first-order valence-electron chi connectivity index (χ1n) is 4.60. The molecule has 0 saturated heterocycles. The van der Waals surface area contributed by atoms with Gasteiger partial charge in [0.25, 0.3) is 5.69 Å². The zero-order valence-corrected chi connectivity index (χ0v) is 8.47. The van der Waals surface area contributed by atoms with Crippen LogP contribution in [0.3, 0.4) is 0 Å². The molecule has 0 aromatic heterocycles. The van der Waals surface area contributed by atoms with Crippen LogP contribution in [0, 0.1) is 17.0 Å². The molecule has 1 aromatic carbocycles. The fourth-order valence-corrected chi connectivity index (χ4v) is 1.45. The van der Waals surface area contributed by atoms with E-state index in [0.717, 1.165) is 0 Å². The maximum atomic E-state index is 10.8. The number of aryl methyl sites for hydroxylation is 1. The molecule has 1 heterocycles. The van der Waals surface area contributed by atoms with Crippen molar-refractivity contribution in [3.05, 3.63) is 39.4 Å². The van der Waals surface area contributed by atoms with Gasteiger partial charge >= 0.3 is 5.97 Å². The summed E-state index contributed by atoms with van der Waals surface area (Å²) in [5, 5.41) is 14.3. The van der Waals surface area contributed by atoms with Crippen molar-refractivity contribution < 1.29 is 14.6 Å². The average Bonchev–Trinajstić information content (AvgIpc) is 2.65. The van der Waals surface area contributed by atoms with E-state index in [1.54, 1.807) is 19.1 Å². The Kier molecular flexibility index (Phi) is 2.40. The lowest BCUT2D eigenvalue weighted by molar-refractivity contribution is -0.385. The smallest absolute Gasteiger partial charge is 0.318 e. The number of nitro benzene ring substituents is 1. The van der Waals surface area contributed by atoms with E-state index >= 15 is 0 Å². The molecule has 16 heavy (non-hydrogen) atoms. The molecule has 0 saturated carbocycles. The fraction of sp³-hybridized carbons (Fsp3) is 0.200. The third kappa shape index (κ3) is 1.77. The monoisotopic (exact) mass is 220 g/mol. The lowest BCUT2D eigenvalue weighted by Crippen LogP contribution is -2.02. The fourth-order valence-electron chi connectivity index (χ4n) is 1.45. The first kappa shape index (κ1) is 10.3. The van der Waals surface area contributed by atoms with E-state index in [-0.39, 0.29) is 12.1 Å². The summed E-state index contributed by atoms with van der Waals surface area (Å²) in [6, 6.07) is 4.71. The van der Waals surface area contributed by atoms with E-state index < -0.39 is 10.9 Å². The summed E-state index contributed by atoms with van der Waals surface area (Å²) in [5.74, 6) is -0.446. The Morgan fingerprint density at radius 3 is 2.81 bits per heavy atom. The molecule has 0 amide bonds. The number of nitro groups is 1. The van der Waals surface area contributed by atoms with Gasteiger partial charge in [-0.3, -0.25) is 10.1 Å². The van der Waals surface area contributed by atoms with Gasteiger partial charge in [-0.1, -0.05) is 17.3 Å². The molecule has 1 aliphatic rings. The molecule has 2 rings (SSSR count). The molecule has 0 spiro atoms. The second-order valence-corrected chi connectivity index (χ2v) is 3.44. The van der Waals surface area contributed by atoms with E-state index in [1.807, 2.05) is 0 Å². The van der Waals surface area contributed by atoms with Crippen LogP contribution in [0.4, 0.5) is 5.69 Å². The minimum absolute atomic E-state index is 0.0135. The Bertz CT molecular complexity index is 508. The highest BCUT2D eigenvalue weighted by Crippen LogP contribution is 2.21. The van der Waals surface area contributed by atoms with Gasteiger partial charge in [0.1, 0.15) is 0 Å². The van der Waals surface area contributed by atoms with E-state index in [2.05, 4.69) is 9.99 Å². The third-order valence-electron chi connectivity index (χ3n) is 2.31. The Labute approximate surface area is 90.7 Å². The molecule has 1 aromatic rings. The van der Waals surface area contributed by atoms with Crippen LogP contribution >= 0.6 is 0 Å². The van der Waals surface area contributed by atoms with Crippen molar-refractivity contribution in [1.29, 1.82) is 0 Å². The second kappa shape index (κ2) is 3.73. The summed E-state index contributed by atoms with van der Waals surface area (Å²) in [6.45, 7) is 1.65. The maximum Gasteiger partial charge on any atom is 0.341 e. The highest BCUT2D eigenvalue weighted by atomic mass is 16.7. The molecule has 6 heteroatoms. The van der Waals surface area contributed by atoms with Gasteiger partial charge in [0.15, 0.2) is 0 Å². The molecule has 0 radical (unpaired) electrons. The van der Waals surface area contributed by atoms with Crippen molar-refractivity contribution in [2.75, 3.05) is 0 Å². The summed E-state index contributed by atoms with van der Waals surface area (Å²) in [5.41, 5.74) is 1.55. The Balaban J connectivity index is 2.40. The number of benzene rings is 1. The van der Waals surface area contributed by atoms with Crippen molar-refractivity contribution in [3.63, 3.8) is 0 Å². The lowest BCUT2D eigenvalue weighted by Gasteiger charge is -2.00. The van der Waals surface area contributed by atoms with Gasteiger partial charge < -0.3 is 4.84 Å². The van der Waals surface area contributed by atoms with Crippen LogP contribution < -0.4 is 0 Å². The zero-order valence-electron chi connectivity index (χ0n) is 8.47. The standard InChI is InChI=1S/C10H8N2O4/c1-6-2-3-7(4-9(6)12(14)15)8-5-10(13)16-11-8/h2-4H,5H2,1H3. The molecule has 0 bridgehead atoms. The number of carbonyl (C=O) groups is 1. The Morgan fingerprint density at radius 1 is 1.50 bits per heavy atom.